The molecule has 20 heavy (non-hydrogen) atoms. The summed E-state index contributed by atoms with van der Waals surface area (Å²) in [6.45, 7) is 0.647. The van der Waals surface area contributed by atoms with Crippen LogP contribution in [-0.2, 0) is 6.54 Å². The first-order valence-corrected chi connectivity index (χ1v) is 7.01. The molecule has 3 rings (SSSR count). The van der Waals surface area contributed by atoms with Crippen LogP contribution >= 0.6 is 23.2 Å². The first-order valence-electron chi connectivity index (χ1n) is 6.25. The quantitative estimate of drug-likeness (QED) is 0.723. The van der Waals surface area contributed by atoms with E-state index in [-0.39, 0.29) is 0 Å². The van der Waals surface area contributed by atoms with Gasteiger partial charge in [-0.3, -0.25) is 4.98 Å². The Hall–Kier alpha value is -1.77. The van der Waals surface area contributed by atoms with Gasteiger partial charge in [-0.15, -0.1) is 0 Å². The molecule has 100 valence electrons. The molecule has 0 bridgehead atoms. The van der Waals surface area contributed by atoms with Crippen molar-refractivity contribution in [1.29, 1.82) is 0 Å². The minimum absolute atomic E-state index is 0.544. The zero-order valence-electron chi connectivity index (χ0n) is 10.6. The van der Waals surface area contributed by atoms with Gasteiger partial charge in [0.2, 0.25) is 0 Å². The second-order valence-electron chi connectivity index (χ2n) is 4.47. The number of nitrogens with one attached hydrogen (secondary N) is 1. The van der Waals surface area contributed by atoms with E-state index in [1.54, 1.807) is 6.07 Å². The topological polar surface area (TPSA) is 24.9 Å². The van der Waals surface area contributed by atoms with E-state index in [0.29, 0.717) is 16.6 Å². The normalized spacial score (nSPS) is 10.7. The molecule has 0 fully saturated rings. The van der Waals surface area contributed by atoms with Gasteiger partial charge in [-0.25, -0.2) is 0 Å². The van der Waals surface area contributed by atoms with Crippen LogP contribution in [0.4, 0.5) is 5.69 Å². The SMILES string of the molecule is Clc1cccc(NCc2cncc3ccccc23)c1Cl. The minimum atomic E-state index is 0.544. The van der Waals surface area contributed by atoms with Crippen LogP contribution in [0.1, 0.15) is 5.56 Å². The van der Waals surface area contributed by atoms with Gasteiger partial charge in [0.15, 0.2) is 0 Å². The van der Waals surface area contributed by atoms with Gasteiger partial charge in [0, 0.05) is 24.3 Å². The summed E-state index contributed by atoms with van der Waals surface area (Å²) in [4.78, 5) is 4.27. The van der Waals surface area contributed by atoms with Crippen LogP contribution in [0.15, 0.2) is 54.9 Å². The van der Waals surface area contributed by atoms with Gasteiger partial charge < -0.3 is 5.32 Å². The van der Waals surface area contributed by atoms with Crippen LogP contribution in [0.5, 0.6) is 0 Å². The Labute approximate surface area is 127 Å². The van der Waals surface area contributed by atoms with Crippen molar-refractivity contribution < 1.29 is 0 Å². The number of hydrogen-bond donors (Lipinski definition) is 1. The van der Waals surface area contributed by atoms with E-state index in [9.17, 15) is 0 Å². The summed E-state index contributed by atoms with van der Waals surface area (Å²) >= 11 is 12.2. The molecule has 0 spiro atoms. The summed E-state index contributed by atoms with van der Waals surface area (Å²) in [6.07, 6.45) is 3.74. The first kappa shape index (κ1) is 13.2. The smallest absolute Gasteiger partial charge is 0.0823 e. The highest BCUT2D eigenvalue weighted by Crippen LogP contribution is 2.30. The molecular formula is C16H12Cl2N2. The highest BCUT2D eigenvalue weighted by Gasteiger charge is 2.05. The second-order valence-corrected chi connectivity index (χ2v) is 5.26. The van der Waals surface area contributed by atoms with Gasteiger partial charge in [-0.1, -0.05) is 53.5 Å². The van der Waals surface area contributed by atoms with Crippen molar-refractivity contribution in [2.45, 2.75) is 6.54 Å². The van der Waals surface area contributed by atoms with E-state index < -0.39 is 0 Å². The van der Waals surface area contributed by atoms with Crippen LogP contribution in [0.2, 0.25) is 10.0 Å². The van der Waals surface area contributed by atoms with Crippen molar-refractivity contribution in [3.8, 4) is 0 Å². The fraction of sp³-hybridized carbons (Fsp3) is 0.0625. The average molecular weight is 303 g/mol. The van der Waals surface area contributed by atoms with Crippen LogP contribution in [0, 0.1) is 0 Å². The average Bonchev–Trinajstić information content (AvgIpc) is 2.49. The molecule has 0 aliphatic carbocycles. The lowest BCUT2D eigenvalue weighted by Gasteiger charge is -2.11. The molecule has 0 amide bonds. The van der Waals surface area contributed by atoms with Crippen molar-refractivity contribution in [2.75, 3.05) is 5.32 Å². The summed E-state index contributed by atoms with van der Waals surface area (Å²) in [7, 11) is 0. The van der Waals surface area contributed by atoms with E-state index in [0.717, 1.165) is 16.6 Å². The lowest BCUT2D eigenvalue weighted by Crippen LogP contribution is -2.01. The number of benzene rings is 2. The lowest BCUT2D eigenvalue weighted by atomic mass is 10.1. The first-order chi connectivity index (χ1) is 9.75. The monoisotopic (exact) mass is 302 g/mol. The fourth-order valence-electron chi connectivity index (χ4n) is 2.15. The predicted molar refractivity (Wildman–Crippen MR) is 85.5 cm³/mol. The zero-order valence-corrected chi connectivity index (χ0v) is 12.1. The number of aromatic nitrogens is 1. The summed E-state index contributed by atoms with van der Waals surface area (Å²) in [5, 5.41) is 6.72. The fourth-order valence-corrected chi connectivity index (χ4v) is 2.52. The Bertz CT molecular complexity index is 751. The van der Waals surface area contributed by atoms with Crippen LogP contribution in [0.3, 0.4) is 0 Å². The maximum Gasteiger partial charge on any atom is 0.0823 e. The van der Waals surface area contributed by atoms with Crippen LogP contribution in [-0.4, -0.2) is 4.98 Å². The van der Waals surface area contributed by atoms with Gasteiger partial charge in [-0.05, 0) is 23.1 Å². The van der Waals surface area contributed by atoms with Crippen molar-refractivity contribution in [3.05, 3.63) is 70.5 Å². The molecular weight excluding hydrogens is 291 g/mol. The molecule has 1 N–H and O–H groups in total. The van der Waals surface area contributed by atoms with E-state index in [1.807, 2.05) is 36.7 Å². The van der Waals surface area contributed by atoms with Crippen molar-refractivity contribution in [1.82, 2.24) is 4.98 Å². The van der Waals surface area contributed by atoms with Crippen molar-refractivity contribution >= 4 is 39.7 Å². The minimum Gasteiger partial charge on any atom is -0.380 e. The Morgan fingerprint density at radius 1 is 0.950 bits per heavy atom. The third kappa shape index (κ3) is 2.58. The molecule has 1 aromatic heterocycles. The maximum absolute atomic E-state index is 6.17. The summed E-state index contributed by atoms with van der Waals surface area (Å²) < 4.78 is 0. The molecule has 1 heterocycles. The largest absolute Gasteiger partial charge is 0.380 e. The van der Waals surface area contributed by atoms with Gasteiger partial charge in [0.05, 0.1) is 15.7 Å². The third-order valence-corrected chi connectivity index (χ3v) is 3.99. The van der Waals surface area contributed by atoms with Crippen LogP contribution < -0.4 is 5.32 Å². The molecule has 0 radical (unpaired) electrons. The van der Waals surface area contributed by atoms with Crippen LogP contribution in [0.25, 0.3) is 10.8 Å². The Kier molecular flexibility index (Phi) is 3.77. The Morgan fingerprint density at radius 3 is 2.70 bits per heavy atom. The molecule has 3 aromatic rings. The maximum atomic E-state index is 6.17. The van der Waals surface area contributed by atoms with E-state index >= 15 is 0 Å². The Morgan fingerprint density at radius 2 is 1.80 bits per heavy atom. The molecule has 0 saturated heterocycles. The predicted octanol–water partition coefficient (Wildman–Crippen LogP) is 5.15. The number of pyridine rings is 1. The highest BCUT2D eigenvalue weighted by molar-refractivity contribution is 6.43. The summed E-state index contributed by atoms with van der Waals surface area (Å²) in [6, 6.07) is 13.7. The van der Waals surface area contributed by atoms with Gasteiger partial charge in [0.25, 0.3) is 0 Å². The third-order valence-electron chi connectivity index (χ3n) is 3.17. The van der Waals surface area contributed by atoms with E-state index in [2.05, 4.69) is 22.4 Å². The molecule has 0 aliphatic heterocycles. The highest BCUT2D eigenvalue weighted by atomic mass is 35.5. The molecule has 0 saturated carbocycles. The number of anilines is 1. The number of fused-ring (bicyclic) bond motifs is 1. The molecule has 0 unspecified atom stereocenters. The molecule has 4 heteroatoms. The molecule has 0 aliphatic rings. The summed E-state index contributed by atoms with van der Waals surface area (Å²) in [5.74, 6) is 0. The molecule has 2 nitrogen and oxygen atoms in total. The molecule has 2 aromatic carbocycles. The number of hydrogen-bond acceptors (Lipinski definition) is 2. The Balaban J connectivity index is 1.89. The van der Waals surface area contributed by atoms with Crippen molar-refractivity contribution in [2.24, 2.45) is 0 Å². The second kappa shape index (κ2) is 5.70. The number of nitrogens with zero attached hydrogens (tertiary/aromatic N) is 1. The standard InChI is InChI=1S/C16H12Cl2N2/c17-14-6-3-7-15(16(14)18)20-10-12-9-19-8-11-4-1-2-5-13(11)12/h1-9,20H,10H2. The van der Waals surface area contributed by atoms with Gasteiger partial charge >= 0.3 is 0 Å². The zero-order chi connectivity index (χ0) is 13.9. The van der Waals surface area contributed by atoms with E-state index in [1.165, 1.54) is 5.39 Å². The van der Waals surface area contributed by atoms with Gasteiger partial charge in [-0.2, -0.15) is 0 Å². The van der Waals surface area contributed by atoms with Gasteiger partial charge in [0.1, 0.15) is 0 Å². The summed E-state index contributed by atoms with van der Waals surface area (Å²) in [5.41, 5.74) is 1.95. The van der Waals surface area contributed by atoms with Crippen molar-refractivity contribution in [3.63, 3.8) is 0 Å². The molecule has 0 atom stereocenters. The van der Waals surface area contributed by atoms with E-state index in [4.69, 9.17) is 23.2 Å². The lowest BCUT2D eigenvalue weighted by molar-refractivity contribution is 1.14. The number of halogens is 2. The number of rotatable bonds is 3.